The van der Waals surface area contributed by atoms with Gasteiger partial charge >= 0.3 is 0 Å². The summed E-state index contributed by atoms with van der Waals surface area (Å²) in [7, 11) is 0. The Bertz CT molecular complexity index is 361. The van der Waals surface area contributed by atoms with Crippen molar-refractivity contribution in [3.8, 4) is 5.75 Å². The van der Waals surface area contributed by atoms with Gasteiger partial charge in [0.25, 0.3) is 5.56 Å². The first-order valence-electron chi connectivity index (χ1n) is 4.79. The summed E-state index contributed by atoms with van der Waals surface area (Å²) in [5.74, 6) is -0.326. The Kier molecular flexibility index (Phi) is 4.33. The first-order chi connectivity index (χ1) is 7.20. The summed E-state index contributed by atoms with van der Waals surface area (Å²) in [5.41, 5.74) is -0.517. The molecule has 0 aromatic carbocycles. The summed E-state index contributed by atoms with van der Waals surface area (Å²) in [6, 6.07) is 2.41. The van der Waals surface area contributed by atoms with Gasteiger partial charge in [0.15, 0.2) is 5.75 Å². The molecule has 5 heteroatoms. The number of ether oxygens (including phenoxy) is 1. The van der Waals surface area contributed by atoms with Crippen LogP contribution < -0.4 is 5.56 Å². The number of aliphatic hydroxyl groups is 1. The molecule has 1 aromatic rings. The fourth-order valence-electron chi connectivity index (χ4n) is 1.26. The lowest BCUT2D eigenvalue weighted by molar-refractivity contribution is 0.0835. The molecule has 0 radical (unpaired) electrons. The molecule has 0 aliphatic heterocycles. The lowest BCUT2D eigenvalue weighted by Gasteiger charge is -2.16. The summed E-state index contributed by atoms with van der Waals surface area (Å²) in [6.07, 6.45) is 1.52. The van der Waals surface area contributed by atoms with Crippen molar-refractivity contribution in [3.05, 3.63) is 28.7 Å². The highest BCUT2D eigenvalue weighted by Gasteiger charge is 2.12. The third-order valence-electron chi connectivity index (χ3n) is 2.07. The SMILES string of the molecule is CCOCC(CO)n1cccc(O)c1=O. The van der Waals surface area contributed by atoms with Crippen molar-refractivity contribution in [1.82, 2.24) is 4.57 Å². The van der Waals surface area contributed by atoms with Crippen molar-refractivity contribution in [1.29, 1.82) is 0 Å². The van der Waals surface area contributed by atoms with Crippen LogP contribution in [0.15, 0.2) is 23.1 Å². The van der Waals surface area contributed by atoms with Gasteiger partial charge in [-0.2, -0.15) is 0 Å². The Morgan fingerprint density at radius 1 is 1.60 bits per heavy atom. The fraction of sp³-hybridized carbons (Fsp3) is 0.500. The third-order valence-corrected chi connectivity index (χ3v) is 2.07. The molecular formula is C10H15NO4. The van der Waals surface area contributed by atoms with Gasteiger partial charge in [0.1, 0.15) is 0 Å². The molecule has 0 fully saturated rings. The minimum Gasteiger partial charge on any atom is -0.503 e. The normalized spacial score (nSPS) is 12.7. The van der Waals surface area contributed by atoms with Crippen LogP contribution in [0.4, 0.5) is 0 Å². The number of aromatic nitrogens is 1. The Morgan fingerprint density at radius 2 is 2.33 bits per heavy atom. The highest BCUT2D eigenvalue weighted by atomic mass is 16.5. The second kappa shape index (κ2) is 5.53. The van der Waals surface area contributed by atoms with Gasteiger partial charge in [0, 0.05) is 12.8 Å². The van der Waals surface area contributed by atoms with E-state index in [1.165, 1.54) is 16.8 Å². The van der Waals surface area contributed by atoms with Gasteiger partial charge in [-0.15, -0.1) is 0 Å². The smallest absolute Gasteiger partial charge is 0.293 e. The fourth-order valence-corrected chi connectivity index (χ4v) is 1.26. The zero-order chi connectivity index (χ0) is 11.3. The van der Waals surface area contributed by atoms with Crippen LogP contribution in [0.1, 0.15) is 13.0 Å². The summed E-state index contributed by atoms with van der Waals surface area (Å²) in [4.78, 5) is 11.5. The van der Waals surface area contributed by atoms with Crippen molar-refractivity contribution in [2.24, 2.45) is 0 Å². The van der Waals surface area contributed by atoms with E-state index in [1.54, 1.807) is 6.07 Å². The molecule has 0 spiro atoms. The number of aliphatic hydroxyl groups excluding tert-OH is 1. The van der Waals surface area contributed by atoms with Crippen LogP contribution in [-0.4, -0.2) is 34.6 Å². The standard InChI is InChI=1S/C10H15NO4/c1-2-15-7-8(6-12)11-5-3-4-9(13)10(11)14/h3-5,8,12-13H,2,6-7H2,1H3. The molecule has 0 bridgehead atoms. The van der Waals surface area contributed by atoms with E-state index >= 15 is 0 Å². The Balaban J connectivity index is 2.91. The lowest BCUT2D eigenvalue weighted by atomic mass is 10.3. The summed E-state index contributed by atoms with van der Waals surface area (Å²) in [6.45, 7) is 2.39. The van der Waals surface area contributed by atoms with Gasteiger partial charge in [-0.25, -0.2) is 0 Å². The van der Waals surface area contributed by atoms with Gasteiger partial charge < -0.3 is 19.5 Å². The molecule has 0 saturated carbocycles. The van der Waals surface area contributed by atoms with Gasteiger partial charge in [-0.3, -0.25) is 4.79 Å². The Morgan fingerprint density at radius 3 is 2.93 bits per heavy atom. The van der Waals surface area contributed by atoms with Crippen molar-refractivity contribution in [3.63, 3.8) is 0 Å². The molecular weight excluding hydrogens is 198 g/mol. The monoisotopic (exact) mass is 213 g/mol. The van der Waals surface area contributed by atoms with E-state index in [-0.39, 0.29) is 19.0 Å². The first-order valence-corrected chi connectivity index (χ1v) is 4.79. The average molecular weight is 213 g/mol. The number of nitrogens with zero attached hydrogens (tertiary/aromatic N) is 1. The molecule has 15 heavy (non-hydrogen) atoms. The van der Waals surface area contributed by atoms with E-state index in [0.717, 1.165) is 0 Å². The van der Waals surface area contributed by atoms with Gasteiger partial charge in [-0.05, 0) is 19.1 Å². The third kappa shape index (κ3) is 2.81. The van der Waals surface area contributed by atoms with E-state index in [2.05, 4.69) is 0 Å². The first kappa shape index (κ1) is 11.7. The summed E-state index contributed by atoms with van der Waals surface area (Å²) in [5, 5.41) is 18.3. The second-order valence-corrected chi connectivity index (χ2v) is 3.10. The van der Waals surface area contributed by atoms with E-state index < -0.39 is 11.6 Å². The molecule has 0 amide bonds. The highest BCUT2D eigenvalue weighted by Crippen LogP contribution is 2.06. The second-order valence-electron chi connectivity index (χ2n) is 3.10. The molecule has 2 N–H and O–H groups in total. The van der Waals surface area contributed by atoms with Crippen LogP contribution in [0.2, 0.25) is 0 Å². The molecule has 0 aliphatic carbocycles. The average Bonchev–Trinajstić information content (AvgIpc) is 2.25. The van der Waals surface area contributed by atoms with Crippen molar-refractivity contribution in [2.45, 2.75) is 13.0 Å². The van der Waals surface area contributed by atoms with Crippen molar-refractivity contribution >= 4 is 0 Å². The maximum absolute atomic E-state index is 11.5. The molecule has 1 unspecified atom stereocenters. The quantitative estimate of drug-likeness (QED) is 0.729. The van der Waals surface area contributed by atoms with Crippen molar-refractivity contribution < 1.29 is 14.9 Å². The number of rotatable bonds is 5. The van der Waals surface area contributed by atoms with Crippen LogP contribution in [0.5, 0.6) is 5.75 Å². The molecule has 1 atom stereocenters. The minimum absolute atomic E-state index is 0.205. The van der Waals surface area contributed by atoms with Crippen LogP contribution >= 0.6 is 0 Å². The molecule has 0 aliphatic rings. The molecule has 1 rings (SSSR count). The number of hydrogen-bond donors (Lipinski definition) is 2. The maximum atomic E-state index is 11.5. The molecule has 5 nitrogen and oxygen atoms in total. The van der Waals surface area contributed by atoms with Crippen LogP contribution in [0.25, 0.3) is 0 Å². The molecule has 0 saturated heterocycles. The Hall–Kier alpha value is -1.33. The predicted octanol–water partition coefficient (Wildman–Crippen LogP) is 0.124. The molecule has 1 heterocycles. The lowest BCUT2D eigenvalue weighted by Crippen LogP contribution is -2.29. The van der Waals surface area contributed by atoms with E-state index in [0.29, 0.717) is 6.61 Å². The Labute approximate surface area is 87.5 Å². The maximum Gasteiger partial charge on any atom is 0.293 e. The number of pyridine rings is 1. The zero-order valence-electron chi connectivity index (χ0n) is 8.59. The van der Waals surface area contributed by atoms with E-state index in [9.17, 15) is 9.90 Å². The van der Waals surface area contributed by atoms with Crippen LogP contribution in [0, 0.1) is 0 Å². The van der Waals surface area contributed by atoms with Gasteiger partial charge in [0.05, 0.1) is 19.3 Å². The van der Waals surface area contributed by atoms with Gasteiger partial charge in [-0.1, -0.05) is 0 Å². The van der Waals surface area contributed by atoms with Crippen LogP contribution in [0.3, 0.4) is 0 Å². The topological polar surface area (TPSA) is 71.7 Å². The van der Waals surface area contributed by atoms with Crippen LogP contribution in [-0.2, 0) is 4.74 Å². The van der Waals surface area contributed by atoms with E-state index in [1.807, 2.05) is 6.92 Å². The van der Waals surface area contributed by atoms with Crippen molar-refractivity contribution in [2.75, 3.05) is 19.8 Å². The number of aromatic hydroxyl groups is 1. The summed E-state index contributed by atoms with van der Waals surface area (Å²) >= 11 is 0. The largest absolute Gasteiger partial charge is 0.503 e. The minimum atomic E-state index is -0.517. The van der Waals surface area contributed by atoms with E-state index in [4.69, 9.17) is 9.84 Å². The van der Waals surface area contributed by atoms with Gasteiger partial charge in [0.2, 0.25) is 0 Å². The molecule has 84 valence electrons. The predicted molar refractivity (Wildman–Crippen MR) is 55.0 cm³/mol. The molecule has 1 aromatic heterocycles. The zero-order valence-corrected chi connectivity index (χ0v) is 8.59. The summed E-state index contributed by atoms with van der Waals surface area (Å²) < 4.78 is 6.40. The highest BCUT2D eigenvalue weighted by molar-refractivity contribution is 5.15. The number of hydrogen-bond acceptors (Lipinski definition) is 4.